The van der Waals surface area contributed by atoms with E-state index in [2.05, 4.69) is 15.6 Å². The van der Waals surface area contributed by atoms with Crippen molar-refractivity contribution in [3.63, 3.8) is 0 Å². The Bertz CT molecular complexity index is 460. The average molecular weight is 453 g/mol. The van der Waals surface area contributed by atoms with Gasteiger partial charge in [0.25, 0.3) is 0 Å². The third-order valence-corrected chi connectivity index (χ3v) is 4.85. The van der Waals surface area contributed by atoms with Crippen LogP contribution in [0.3, 0.4) is 0 Å². The minimum atomic E-state index is -0.926. The van der Waals surface area contributed by atoms with Gasteiger partial charge >= 0.3 is 0 Å². The quantitative estimate of drug-likeness (QED) is 0.338. The summed E-state index contributed by atoms with van der Waals surface area (Å²) >= 11 is 1.55. The van der Waals surface area contributed by atoms with Crippen LogP contribution in [0.4, 0.5) is 0 Å². The van der Waals surface area contributed by atoms with Gasteiger partial charge < -0.3 is 20.5 Å². The van der Waals surface area contributed by atoms with Gasteiger partial charge in [0.1, 0.15) is 5.60 Å². The number of rotatable bonds is 7. The van der Waals surface area contributed by atoms with Crippen LogP contribution >= 0.6 is 35.3 Å². The molecule has 0 bridgehead atoms. The minimum absolute atomic E-state index is 0. The zero-order valence-corrected chi connectivity index (χ0v) is 17.0. The van der Waals surface area contributed by atoms with Crippen LogP contribution in [0, 0.1) is 0 Å². The summed E-state index contributed by atoms with van der Waals surface area (Å²) < 4.78 is 5.62. The van der Waals surface area contributed by atoms with Gasteiger partial charge in [0.05, 0.1) is 12.6 Å². The number of nitrogens with one attached hydrogen (secondary N) is 2. The number of nitrogens with zero attached hydrogens (tertiary/aromatic N) is 1. The number of halogens is 1. The lowest BCUT2D eigenvalue weighted by molar-refractivity contribution is 0.0711. The van der Waals surface area contributed by atoms with Crippen LogP contribution in [-0.2, 0) is 10.3 Å². The number of guanidine groups is 1. The van der Waals surface area contributed by atoms with Crippen LogP contribution in [0.15, 0.2) is 22.5 Å². The Labute approximate surface area is 159 Å². The molecule has 1 aromatic heterocycles. The summed E-state index contributed by atoms with van der Waals surface area (Å²) in [4.78, 5) is 5.45. The van der Waals surface area contributed by atoms with Crippen LogP contribution in [0.25, 0.3) is 0 Å². The third-order valence-electron chi connectivity index (χ3n) is 3.72. The summed E-state index contributed by atoms with van der Waals surface area (Å²) in [7, 11) is 0. The van der Waals surface area contributed by atoms with Crippen molar-refractivity contribution in [3.8, 4) is 0 Å². The first-order chi connectivity index (χ1) is 10.6. The van der Waals surface area contributed by atoms with Crippen LogP contribution in [-0.4, -0.2) is 43.4 Å². The Morgan fingerprint density at radius 2 is 2.35 bits per heavy atom. The van der Waals surface area contributed by atoms with Gasteiger partial charge in [-0.25, -0.2) is 4.99 Å². The molecule has 1 fully saturated rings. The zero-order chi connectivity index (χ0) is 15.8. The molecule has 23 heavy (non-hydrogen) atoms. The first-order valence-corrected chi connectivity index (χ1v) is 8.90. The van der Waals surface area contributed by atoms with Crippen molar-refractivity contribution < 1.29 is 9.84 Å². The van der Waals surface area contributed by atoms with Gasteiger partial charge in [-0.15, -0.1) is 35.3 Å². The topological polar surface area (TPSA) is 65.9 Å². The van der Waals surface area contributed by atoms with Crippen molar-refractivity contribution in [1.82, 2.24) is 10.6 Å². The fraction of sp³-hybridized carbons (Fsp3) is 0.688. The Morgan fingerprint density at radius 3 is 2.96 bits per heavy atom. The number of thiophene rings is 1. The highest BCUT2D eigenvalue weighted by Gasteiger charge is 2.24. The maximum absolute atomic E-state index is 10.5. The Morgan fingerprint density at radius 1 is 1.52 bits per heavy atom. The maximum Gasteiger partial charge on any atom is 0.191 e. The van der Waals surface area contributed by atoms with E-state index in [-0.39, 0.29) is 24.0 Å². The second kappa shape index (κ2) is 10.5. The van der Waals surface area contributed by atoms with E-state index in [1.165, 1.54) is 6.42 Å². The summed E-state index contributed by atoms with van der Waals surface area (Å²) in [5.74, 6) is 0.748. The van der Waals surface area contributed by atoms with Gasteiger partial charge in [-0.3, -0.25) is 0 Å². The molecule has 1 aliphatic rings. The molecule has 2 unspecified atom stereocenters. The molecule has 0 amide bonds. The predicted octanol–water partition coefficient (Wildman–Crippen LogP) is 2.70. The van der Waals surface area contributed by atoms with Crippen LogP contribution in [0.1, 0.15) is 38.0 Å². The minimum Gasteiger partial charge on any atom is -0.383 e. The highest BCUT2D eigenvalue weighted by atomic mass is 127. The molecule has 0 spiro atoms. The van der Waals surface area contributed by atoms with E-state index in [4.69, 9.17) is 4.74 Å². The molecule has 132 valence electrons. The number of aliphatic hydroxyl groups is 1. The number of hydrogen-bond donors (Lipinski definition) is 3. The molecule has 1 saturated heterocycles. The summed E-state index contributed by atoms with van der Waals surface area (Å²) in [6, 6.07) is 3.89. The first kappa shape index (κ1) is 20.7. The van der Waals surface area contributed by atoms with Crippen molar-refractivity contribution in [2.45, 2.75) is 44.8 Å². The van der Waals surface area contributed by atoms with E-state index in [0.29, 0.717) is 12.6 Å². The molecule has 7 heteroatoms. The second-order valence-electron chi connectivity index (χ2n) is 5.80. The molecular formula is C16H28IN3O2S. The fourth-order valence-corrected chi connectivity index (χ4v) is 3.24. The monoisotopic (exact) mass is 453 g/mol. The van der Waals surface area contributed by atoms with Gasteiger partial charge in [0.15, 0.2) is 5.96 Å². The van der Waals surface area contributed by atoms with Gasteiger partial charge in [0.2, 0.25) is 0 Å². The summed E-state index contributed by atoms with van der Waals surface area (Å²) in [5, 5.41) is 19.0. The number of aliphatic imine (C=N–C) groups is 1. The molecule has 2 atom stereocenters. The van der Waals surface area contributed by atoms with Crippen LogP contribution in [0.2, 0.25) is 0 Å². The SMILES string of the molecule is CCNC(=NCC(C)(O)c1cccs1)NCCC1CCCO1.I. The maximum atomic E-state index is 10.5. The van der Waals surface area contributed by atoms with Gasteiger partial charge in [-0.1, -0.05) is 6.07 Å². The molecule has 0 saturated carbocycles. The van der Waals surface area contributed by atoms with Crippen molar-refractivity contribution in [3.05, 3.63) is 22.4 Å². The normalized spacial score (nSPS) is 20.7. The molecular weight excluding hydrogens is 425 g/mol. The van der Waals surface area contributed by atoms with E-state index >= 15 is 0 Å². The molecule has 5 nitrogen and oxygen atoms in total. The zero-order valence-electron chi connectivity index (χ0n) is 13.9. The number of hydrogen-bond acceptors (Lipinski definition) is 4. The Balaban J connectivity index is 0.00000264. The summed E-state index contributed by atoms with van der Waals surface area (Å²) in [5.41, 5.74) is -0.926. The first-order valence-electron chi connectivity index (χ1n) is 8.02. The molecule has 2 heterocycles. The smallest absolute Gasteiger partial charge is 0.191 e. The van der Waals surface area contributed by atoms with Crippen LogP contribution < -0.4 is 10.6 Å². The predicted molar refractivity (Wildman–Crippen MR) is 107 cm³/mol. The number of ether oxygens (including phenoxy) is 1. The van der Waals surface area contributed by atoms with E-state index in [9.17, 15) is 5.11 Å². The third kappa shape index (κ3) is 6.94. The molecule has 1 aromatic rings. The Kier molecular flexibility index (Phi) is 9.41. The Hall–Kier alpha value is -0.380. The lowest BCUT2D eigenvalue weighted by atomic mass is 10.1. The lowest BCUT2D eigenvalue weighted by Crippen LogP contribution is -2.39. The van der Waals surface area contributed by atoms with Crippen LogP contribution in [0.5, 0.6) is 0 Å². The van der Waals surface area contributed by atoms with Gasteiger partial charge in [-0.2, -0.15) is 0 Å². The van der Waals surface area contributed by atoms with Crippen molar-refractivity contribution in [2.24, 2.45) is 4.99 Å². The van der Waals surface area contributed by atoms with Gasteiger partial charge in [-0.05, 0) is 44.6 Å². The molecule has 0 radical (unpaired) electrons. The van der Waals surface area contributed by atoms with Crippen molar-refractivity contribution in [1.29, 1.82) is 0 Å². The van der Waals surface area contributed by atoms with E-state index in [1.807, 2.05) is 24.4 Å². The van der Waals surface area contributed by atoms with E-state index in [1.54, 1.807) is 18.3 Å². The summed E-state index contributed by atoms with van der Waals surface area (Å²) in [6.07, 6.45) is 3.70. The van der Waals surface area contributed by atoms with Gasteiger partial charge in [0, 0.05) is 24.6 Å². The highest BCUT2D eigenvalue weighted by molar-refractivity contribution is 14.0. The van der Waals surface area contributed by atoms with Crippen molar-refractivity contribution in [2.75, 3.05) is 26.2 Å². The fourth-order valence-electron chi connectivity index (χ4n) is 2.46. The largest absolute Gasteiger partial charge is 0.383 e. The van der Waals surface area contributed by atoms with E-state index in [0.717, 1.165) is 43.4 Å². The summed E-state index contributed by atoms with van der Waals surface area (Å²) in [6.45, 7) is 6.70. The molecule has 3 N–H and O–H groups in total. The highest BCUT2D eigenvalue weighted by Crippen LogP contribution is 2.25. The molecule has 2 rings (SSSR count). The average Bonchev–Trinajstić information content (AvgIpc) is 3.18. The lowest BCUT2D eigenvalue weighted by Gasteiger charge is -2.21. The molecule has 0 aliphatic carbocycles. The molecule has 0 aromatic carbocycles. The van der Waals surface area contributed by atoms with Crippen molar-refractivity contribution >= 4 is 41.3 Å². The van der Waals surface area contributed by atoms with E-state index < -0.39 is 5.60 Å². The molecule has 1 aliphatic heterocycles. The standard InChI is InChI=1S/C16H27N3O2S.HI/c1-3-17-15(18-9-8-13-6-4-10-21-13)19-12-16(2,20)14-7-5-11-22-14;/h5,7,11,13,20H,3-4,6,8-10,12H2,1-2H3,(H2,17,18,19);1H. The second-order valence-corrected chi connectivity index (χ2v) is 6.74.